The molecule has 3 rings (SSSR count). The van der Waals surface area contributed by atoms with Gasteiger partial charge in [0.1, 0.15) is 6.61 Å². The van der Waals surface area contributed by atoms with E-state index in [9.17, 15) is 14.4 Å². The maximum atomic E-state index is 12.7. The fraction of sp³-hybridized carbons (Fsp3) is 0.423. The lowest BCUT2D eigenvalue weighted by molar-refractivity contribution is -0.141. The van der Waals surface area contributed by atoms with Crippen molar-refractivity contribution in [3.8, 4) is 11.1 Å². The number of hydrogen-bond acceptors (Lipinski definition) is 5. The maximum absolute atomic E-state index is 12.7. The minimum absolute atomic E-state index is 0.0257. The van der Waals surface area contributed by atoms with Crippen LogP contribution in [0.25, 0.3) is 11.1 Å². The number of methoxy groups -OCH3 is 1. The number of carboxylic acids is 1. The number of nitrogens with one attached hydrogen (secondary N) is 1. The summed E-state index contributed by atoms with van der Waals surface area (Å²) in [6.45, 7) is 4.19. The smallest absolute Gasteiger partial charge is 0.407 e. The molecule has 0 bridgehead atoms. The van der Waals surface area contributed by atoms with E-state index in [0.29, 0.717) is 6.54 Å². The monoisotopic (exact) mass is 468 g/mol. The summed E-state index contributed by atoms with van der Waals surface area (Å²) in [5.74, 6) is -1.22. The Morgan fingerprint density at radius 1 is 1.03 bits per heavy atom. The van der Waals surface area contributed by atoms with Gasteiger partial charge in [-0.3, -0.25) is 9.59 Å². The third kappa shape index (κ3) is 5.94. The van der Waals surface area contributed by atoms with Gasteiger partial charge >= 0.3 is 12.1 Å². The van der Waals surface area contributed by atoms with Crippen molar-refractivity contribution < 1.29 is 29.0 Å². The van der Waals surface area contributed by atoms with Gasteiger partial charge in [-0.15, -0.1) is 0 Å². The molecule has 2 amide bonds. The molecular weight excluding hydrogens is 436 g/mol. The van der Waals surface area contributed by atoms with E-state index in [1.54, 1.807) is 13.8 Å². The summed E-state index contributed by atoms with van der Waals surface area (Å²) in [4.78, 5) is 37.5. The van der Waals surface area contributed by atoms with Gasteiger partial charge in [0.25, 0.3) is 0 Å². The summed E-state index contributed by atoms with van der Waals surface area (Å²) in [5.41, 5.74) is 4.57. The fourth-order valence-corrected chi connectivity index (χ4v) is 4.49. The van der Waals surface area contributed by atoms with E-state index in [1.165, 1.54) is 12.0 Å². The van der Waals surface area contributed by atoms with Gasteiger partial charge in [0.15, 0.2) is 0 Å². The summed E-state index contributed by atoms with van der Waals surface area (Å²) >= 11 is 0. The molecule has 0 saturated carbocycles. The van der Waals surface area contributed by atoms with Crippen molar-refractivity contribution >= 4 is 18.0 Å². The van der Waals surface area contributed by atoms with Crippen LogP contribution < -0.4 is 5.32 Å². The van der Waals surface area contributed by atoms with Crippen LogP contribution in [0.4, 0.5) is 4.79 Å². The first-order valence-electron chi connectivity index (χ1n) is 11.5. The number of aliphatic carboxylic acids is 1. The van der Waals surface area contributed by atoms with E-state index in [0.717, 1.165) is 22.3 Å². The van der Waals surface area contributed by atoms with Crippen molar-refractivity contribution in [3.63, 3.8) is 0 Å². The third-order valence-corrected chi connectivity index (χ3v) is 6.22. The number of alkyl carbamates (subject to hydrolysis) is 1. The molecule has 0 aromatic heterocycles. The van der Waals surface area contributed by atoms with E-state index < -0.39 is 24.2 Å². The van der Waals surface area contributed by atoms with Crippen LogP contribution in [-0.4, -0.2) is 66.9 Å². The van der Waals surface area contributed by atoms with Crippen molar-refractivity contribution in [1.82, 2.24) is 10.2 Å². The molecule has 8 heteroatoms. The van der Waals surface area contributed by atoms with Crippen LogP contribution in [0.2, 0.25) is 0 Å². The van der Waals surface area contributed by atoms with Crippen LogP contribution in [0.3, 0.4) is 0 Å². The molecule has 0 aliphatic heterocycles. The zero-order valence-corrected chi connectivity index (χ0v) is 19.8. The average Bonchev–Trinajstić information content (AvgIpc) is 3.14. The first-order chi connectivity index (χ1) is 16.3. The Kier molecular flexibility index (Phi) is 8.65. The largest absolute Gasteiger partial charge is 0.481 e. The summed E-state index contributed by atoms with van der Waals surface area (Å²) in [6.07, 6.45) is -1.24. The lowest BCUT2D eigenvalue weighted by Crippen LogP contribution is -2.43. The molecule has 2 aromatic rings. The Bertz CT molecular complexity index is 978. The summed E-state index contributed by atoms with van der Waals surface area (Å²) in [7, 11) is 1.47. The molecule has 2 atom stereocenters. The van der Waals surface area contributed by atoms with Gasteiger partial charge in [-0.1, -0.05) is 48.5 Å². The van der Waals surface area contributed by atoms with E-state index in [2.05, 4.69) is 29.6 Å². The predicted octanol–water partition coefficient (Wildman–Crippen LogP) is 3.64. The van der Waals surface area contributed by atoms with Gasteiger partial charge in [-0.2, -0.15) is 0 Å². The Balaban J connectivity index is 1.52. The van der Waals surface area contributed by atoms with Crippen LogP contribution in [0, 0.1) is 0 Å². The zero-order valence-electron chi connectivity index (χ0n) is 19.8. The fourth-order valence-electron chi connectivity index (χ4n) is 4.49. The number of fused-ring (bicyclic) bond motifs is 3. The second-order valence-electron chi connectivity index (χ2n) is 8.39. The van der Waals surface area contributed by atoms with Crippen molar-refractivity contribution in [2.24, 2.45) is 0 Å². The minimum Gasteiger partial charge on any atom is -0.481 e. The first-order valence-corrected chi connectivity index (χ1v) is 11.5. The molecule has 0 heterocycles. The van der Waals surface area contributed by atoms with E-state index in [-0.39, 0.29) is 37.8 Å². The number of hydrogen-bond donors (Lipinski definition) is 2. The lowest BCUT2D eigenvalue weighted by atomic mass is 9.98. The van der Waals surface area contributed by atoms with Gasteiger partial charge in [0.2, 0.25) is 5.91 Å². The number of rotatable bonds is 11. The molecule has 0 fully saturated rings. The van der Waals surface area contributed by atoms with Crippen LogP contribution in [0.1, 0.15) is 43.7 Å². The van der Waals surface area contributed by atoms with Crippen LogP contribution in [0.5, 0.6) is 0 Å². The zero-order chi connectivity index (χ0) is 24.7. The Labute approximate surface area is 199 Å². The third-order valence-electron chi connectivity index (χ3n) is 6.22. The molecule has 0 radical (unpaired) electrons. The van der Waals surface area contributed by atoms with Gasteiger partial charge in [-0.05, 0) is 36.1 Å². The molecule has 8 nitrogen and oxygen atoms in total. The van der Waals surface area contributed by atoms with Crippen molar-refractivity contribution in [2.45, 2.75) is 44.8 Å². The lowest BCUT2D eigenvalue weighted by Gasteiger charge is -2.28. The SMILES string of the molecule is CCN(C(=O)CC(CNC(=O)OCC1c2ccccc2-c2ccccc21)OC)C(C)CC(=O)O. The molecule has 34 heavy (non-hydrogen) atoms. The van der Waals surface area contributed by atoms with E-state index in [4.69, 9.17) is 14.6 Å². The normalized spacial score (nSPS) is 14.0. The molecule has 0 saturated heterocycles. The summed E-state index contributed by atoms with van der Waals surface area (Å²) < 4.78 is 10.9. The number of nitrogens with zero attached hydrogens (tertiary/aromatic N) is 1. The number of ether oxygens (including phenoxy) is 2. The average molecular weight is 469 g/mol. The van der Waals surface area contributed by atoms with Crippen LogP contribution in [-0.2, 0) is 19.1 Å². The Morgan fingerprint density at radius 2 is 1.62 bits per heavy atom. The molecule has 2 N–H and O–H groups in total. The van der Waals surface area contributed by atoms with E-state index in [1.807, 2.05) is 24.3 Å². The van der Waals surface area contributed by atoms with Crippen LogP contribution in [0.15, 0.2) is 48.5 Å². The van der Waals surface area contributed by atoms with Gasteiger partial charge in [-0.25, -0.2) is 4.79 Å². The minimum atomic E-state index is -0.959. The van der Waals surface area contributed by atoms with Crippen molar-refractivity contribution in [3.05, 3.63) is 59.7 Å². The molecule has 1 aliphatic carbocycles. The highest BCUT2D eigenvalue weighted by molar-refractivity contribution is 5.79. The van der Waals surface area contributed by atoms with Crippen LogP contribution >= 0.6 is 0 Å². The quantitative estimate of drug-likeness (QED) is 0.522. The van der Waals surface area contributed by atoms with E-state index >= 15 is 0 Å². The summed E-state index contributed by atoms with van der Waals surface area (Å²) in [5, 5.41) is 11.7. The number of carbonyl (C=O) groups is 3. The highest BCUT2D eigenvalue weighted by Crippen LogP contribution is 2.44. The standard InChI is InChI=1S/C26H32N2O6/c1-4-28(17(2)13-25(30)31)24(29)14-18(33-3)15-27-26(32)34-16-23-21-11-7-5-9-19(21)20-10-6-8-12-22(20)23/h5-12,17-18,23H,4,13-16H2,1-3H3,(H,27,32)(H,30,31). The van der Waals surface area contributed by atoms with Gasteiger partial charge in [0.05, 0.1) is 18.9 Å². The summed E-state index contributed by atoms with van der Waals surface area (Å²) in [6, 6.07) is 15.8. The van der Waals surface area contributed by atoms with Crippen molar-refractivity contribution in [2.75, 3.05) is 26.8 Å². The van der Waals surface area contributed by atoms with Gasteiger partial charge < -0.3 is 24.8 Å². The number of carboxylic acid groups (broad SMARTS) is 1. The maximum Gasteiger partial charge on any atom is 0.407 e. The first kappa shape index (κ1) is 25.2. The second-order valence-corrected chi connectivity index (χ2v) is 8.39. The highest BCUT2D eigenvalue weighted by Gasteiger charge is 2.29. The molecule has 2 unspecified atom stereocenters. The second kappa shape index (κ2) is 11.7. The topological polar surface area (TPSA) is 105 Å². The highest BCUT2D eigenvalue weighted by atomic mass is 16.5. The Morgan fingerprint density at radius 3 is 2.15 bits per heavy atom. The van der Waals surface area contributed by atoms with Gasteiger partial charge in [0, 0.05) is 32.2 Å². The molecule has 2 aromatic carbocycles. The molecule has 1 aliphatic rings. The number of benzene rings is 2. The number of amides is 2. The number of carbonyl (C=O) groups excluding carboxylic acids is 2. The molecule has 182 valence electrons. The Hall–Kier alpha value is -3.39. The van der Waals surface area contributed by atoms with Crippen molar-refractivity contribution in [1.29, 1.82) is 0 Å². The molecular formula is C26H32N2O6. The molecule has 0 spiro atoms. The predicted molar refractivity (Wildman–Crippen MR) is 128 cm³/mol.